The second-order valence-electron chi connectivity index (χ2n) is 5.02. The molecule has 0 bridgehead atoms. The zero-order valence-electron chi connectivity index (χ0n) is 11.6. The van der Waals surface area contributed by atoms with Crippen molar-refractivity contribution in [2.75, 3.05) is 19.7 Å². The molecule has 0 radical (unpaired) electrons. The lowest BCUT2D eigenvalue weighted by atomic mass is 9.96. The highest BCUT2D eigenvalue weighted by Gasteiger charge is 2.26. The van der Waals surface area contributed by atoms with Crippen LogP contribution in [0.2, 0.25) is 5.02 Å². The van der Waals surface area contributed by atoms with Crippen LogP contribution in [0.5, 0.6) is 0 Å². The van der Waals surface area contributed by atoms with Crippen molar-refractivity contribution in [2.45, 2.75) is 26.3 Å². The van der Waals surface area contributed by atoms with E-state index in [0.717, 1.165) is 31.5 Å². The molecule has 0 saturated carbocycles. The largest absolute Gasteiger partial charge is 0.466 e. The van der Waals surface area contributed by atoms with Crippen molar-refractivity contribution in [1.29, 1.82) is 0 Å². The van der Waals surface area contributed by atoms with Gasteiger partial charge < -0.3 is 4.74 Å². The van der Waals surface area contributed by atoms with E-state index < -0.39 is 0 Å². The molecule has 1 saturated heterocycles. The standard InChI is InChI=1S/C15H19ClFNO2/c1-2-20-15(19)11-6-8-18(9-7-11)10-12-4-3-5-13(17)14(12)16/h3-5,11H,2,6-10H2,1H3. The first kappa shape index (κ1) is 15.3. The molecule has 2 rings (SSSR count). The summed E-state index contributed by atoms with van der Waals surface area (Å²) in [6, 6.07) is 4.86. The summed E-state index contributed by atoms with van der Waals surface area (Å²) < 4.78 is 18.4. The first-order valence-electron chi connectivity index (χ1n) is 6.93. The van der Waals surface area contributed by atoms with Crippen LogP contribution in [0, 0.1) is 11.7 Å². The minimum Gasteiger partial charge on any atom is -0.466 e. The fourth-order valence-electron chi connectivity index (χ4n) is 2.50. The highest BCUT2D eigenvalue weighted by atomic mass is 35.5. The molecule has 110 valence electrons. The number of benzene rings is 1. The molecule has 1 heterocycles. The van der Waals surface area contributed by atoms with Crippen LogP contribution in [0.3, 0.4) is 0 Å². The monoisotopic (exact) mass is 299 g/mol. The van der Waals surface area contributed by atoms with Crippen molar-refractivity contribution >= 4 is 17.6 Å². The molecule has 1 aliphatic rings. The minimum absolute atomic E-state index is 0.00539. The Morgan fingerprint density at radius 3 is 2.80 bits per heavy atom. The Kier molecular flexibility index (Phi) is 5.38. The van der Waals surface area contributed by atoms with Gasteiger partial charge in [-0.15, -0.1) is 0 Å². The lowest BCUT2D eigenvalue weighted by Gasteiger charge is -2.31. The molecule has 0 N–H and O–H groups in total. The van der Waals surface area contributed by atoms with E-state index in [9.17, 15) is 9.18 Å². The number of halogens is 2. The molecule has 1 fully saturated rings. The molecule has 1 aromatic carbocycles. The number of nitrogens with zero attached hydrogens (tertiary/aromatic N) is 1. The molecular weight excluding hydrogens is 281 g/mol. The van der Waals surface area contributed by atoms with Crippen LogP contribution >= 0.6 is 11.6 Å². The van der Waals surface area contributed by atoms with E-state index in [1.807, 2.05) is 13.0 Å². The maximum atomic E-state index is 13.4. The normalized spacial score (nSPS) is 17.1. The molecule has 0 aromatic heterocycles. The molecule has 0 aliphatic carbocycles. The number of piperidine rings is 1. The van der Waals surface area contributed by atoms with Gasteiger partial charge in [-0.25, -0.2) is 4.39 Å². The van der Waals surface area contributed by atoms with Crippen molar-refractivity contribution in [2.24, 2.45) is 5.92 Å². The number of rotatable bonds is 4. The third-order valence-electron chi connectivity index (χ3n) is 3.63. The Hall–Kier alpha value is -1.13. The maximum absolute atomic E-state index is 13.4. The molecular formula is C15H19ClFNO2. The zero-order valence-corrected chi connectivity index (χ0v) is 12.3. The average Bonchev–Trinajstić information content (AvgIpc) is 2.45. The van der Waals surface area contributed by atoms with Gasteiger partial charge in [0.25, 0.3) is 0 Å². The van der Waals surface area contributed by atoms with E-state index in [4.69, 9.17) is 16.3 Å². The molecule has 0 spiro atoms. The summed E-state index contributed by atoms with van der Waals surface area (Å²) in [5.74, 6) is -0.490. The van der Waals surface area contributed by atoms with Gasteiger partial charge in [0, 0.05) is 6.54 Å². The molecule has 1 aromatic rings. The topological polar surface area (TPSA) is 29.5 Å². The number of hydrogen-bond acceptors (Lipinski definition) is 3. The number of carbonyl (C=O) groups is 1. The highest BCUT2D eigenvalue weighted by Crippen LogP contribution is 2.24. The summed E-state index contributed by atoms with van der Waals surface area (Å²) in [5, 5.41) is 0.194. The van der Waals surface area contributed by atoms with Gasteiger partial charge in [0.05, 0.1) is 17.5 Å². The van der Waals surface area contributed by atoms with Crippen LogP contribution in [-0.2, 0) is 16.1 Å². The van der Waals surface area contributed by atoms with Gasteiger partial charge >= 0.3 is 5.97 Å². The van der Waals surface area contributed by atoms with Gasteiger partial charge in [-0.05, 0) is 44.5 Å². The first-order valence-corrected chi connectivity index (χ1v) is 7.31. The van der Waals surface area contributed by atoms with Crippen LogP contribution in [0.15, 0.2) is 18.2 Å². The number of carbonyl (C=O) groups excluding carboxylic acids is 1. The number of hydrogen-bond donors (Lipinski definition) is 0. The Labute approximate surface area is 123 Å². The van der Waals surface area contributed by atoms with Crippen LogP contribution in [0.25, 0.3) is 0 Å². The predicted octanol–water partition coefficient (Wildman–Crippen LogP) is 3.25. The molecule has 5 heteroatoms. The van der Waals surface area contributed by atoms with Crippen molar-refractivity contribution in [1.82, 2.24) is 4.90 Å². The molecule has 0 atom stereocenters. The van der Waals surface area contributed by atoms with Crippen LogP contribution in [0.1, 0.15) is 25.3 Å². The van der Waals surface area contributed by atoms with E-state index in [1.165, 1.54) is 6.07 Å². The Morgan fingerprint density at radius 1 is 1.45 bits per heavy atom. The maximum Gasteiger partial charge on any atom is 0.309 e. The minimum atomic E-state index is -0.384. The second kappa shape index (κ2) is 7.04. The van der Waals surface area contributed by atoms with Gasteiger partial charge in [-0.3, -0.25) is 9.69 Å². The van der Waals surface area contributed by atoms with Crippen LogP contribution in [-0.4, -0.2) is 30.6 Å². The van der Waals surface area contributed by atoms with Gasteiger partial charge in [0.2, 0.25) is 0 Å². The van der Waals surface area contributed by atoms with Gasteiger partial charge in [0.1, 0.15) is 5.82 Å². The Morgan fingerprint density at radius 2 is 2.15 bits per heavy atom. The van der Waals surface area contributed by atoms with Gasteiger partial charge in [-0.1, -0.05) is 23.7 Å². The smallest absolute Gasteiger partial charge is 0.309 e. The summed E-state index contributed by atoms with van der Waals surface area (Å²) in [5.41, 5.74) is 0.793. The summed E-state index contributed by atoms with van der Waals surface area (Å²) in [6.45, 7) is 4.47. The fraction of sp³-hybridized carbons (Fsp3) is 0.533. The summed E-state index contributed by atoms with van der Waals surface area (Å²) in [7, 11) is 0. The lowest BCUT2D eigenvalue weighted by molar-refractivity contribution is -0.149. The third kappa shape index (κ3) is 3.70. The molecule has 20 heavy (non-hydrogen) atoms. The first-order chi connectivity index (χ1) is 9.61. The van der Waals surface area contributed by atoms with E-state index in [0.29, 0.717) is 13.2 Å². The van der Waals surface area contributed by atoms with Gasteiger partial charge in [0.15, 0.2) is 0 Å². The predicted molar refractivity (Wildman–Crippen MR) is 76.0 cm³/mol. The fourth-order valence-corrected chi connectivity index (χ4v) is 2.68. The number of ether oxygens (including phenoxy) is 1. The van der Waals surface area contributed by atoms with E-state index in [1.54, 1.807) is 6.07 Å². The highest BCUT2D eigenvalue weighted by molar-refractivity contribution is 6.31. The summed E-state index contributed by atoms with van der Waals surface area (Å²) >= 11 is 5.96. The number of esters is 1. The summed E-state index contributed by atoms with van der Waals surface area (Å²) in [6.07, 6.45) is 1.57. The quantitative estimate of drug-likeness (QED) is 0.799. The Bertz CT molecular complexity index is 473. The van der Waals surface area contributed by atoms with Crippen molar-refractivity contribution in [3.63, 3.8) is 0 Å². The second-order valence-corrected chi connectivity index (χ2v) is 5.39. The van der Waals surface area contributed by atoms with Gasteiger partial charge in [-0.2, -0.15) is 0 Å². The van der Waals surface area contributed by atoms with E-state index in [-0.39, 0.29) is 22.7 Å². The van der Waals surface area contributed by atoms with E-state index in [2.05, 4.69) is 4.90 Å². The van der Waals surface area contributed by atoms with E-state index >= 15 is 0 Å². The molecule has 0 amide bonds. The average molecular weight is 300 g/mol. The van der Waals surface area contributed by atoms with Crippen molar-refractivity contribution in [3.05, 3.63) is 34.6 Å². The SMILES string of the molecule is CCOC(=O)C1CCN(Cc2cccc(F)c2Cl)CC1. The summed E-state index contributed by atoms with van der Waals surface area (Å²) in [4.78, 5) is 13.8. The van der Waals surface area contributed by atoms with Crippen LogP contribution in [0.4, 0.5) is 4.39 Å². The molecule has 3 nitrogen and oxygen atoms in total. The zero-order chi connectivity index (χ0) is 14.5. The van der Waals surface area contributed by atoms with Crippen molar-refractivity contribution < 1.29 is 13.9 Å². The molecule has 1 aliphatic heterocycles. The Balaban J connectivity index is 1.88. The third-order valence-corrected chi connectivity index (χ3v) is 4.06. The molecule has 0 unspecified atom stereocenters. The lowest BCUT2D eigenvalue weighted by Crippen LogP contribution is -2.36. The van der Waals surface area contributed by atoms with Crippen LogP contribution < -0.4 is 0 Å². The number of likely N-dealkylation sites (tertiary alicyclic amines) is 1. The van der Waals surface area contributed by atoms with Crippen molar-refractivity contribution in [3.8, 4) is 0 Å².